The molecule has 0 spiro atoms. The molecule has 0 saturated heterocycles. The second kappa shape index (κ2) is 11.2. The van der Waals surface area contributed by atoms with E-state index < -0.39 is 24.5 Å². The molecule has 2 rings (SSSR count). The zero-order valence-corrected chi connectivity index (χ0v) is 17.5. The molecule has 0 aliphatic rings. The van der Waals surface area contributed by atoms with Crippen molar-refractivity contribution in [1.82, 2.24) is 0 Å². The Balaban J connectivity index is 2.01. The van der Waals surface area contributed by atoms with Gasteiger partial charge in [0.2, 0.25) is 0 Å². The number of carbonyl (C=O) groups excluding carboxylic acids is 3. The number of carbonyl (C=O) groups is 3. The Morgan fingerprint density at radius 2 is 1.48 bits per heavy atom. The largest absolute Gasteiger partial charge is 0.493 e. The number of hydrogen-bond donors (Lipinski definition) is 1. The van der Waals surface area contributed by atoms with E-state index in [1.54, 1.807) is 18.2 Å². The highest BCUT2D eigenvalue weighted by Gasteiger charge is 2.15. The minimum atomic E-state index is -0.669. The number of nitrogens with one attached hydrogen (secondary N) is 1. The number of ether oxygens (including phenoxy) is 4. The highest BCUT2D eigenvalue weighted by molar-refractivity contribution is 5.99. The highest BCUT2D eigenvalue weighted by Crippen LogP contribution is 2.26. The van der Waals surface area contributed by atoms with Gasteiger partial charge in [-0.25, -0.2) is 9.59 Å². The van der Waals surface area contributed by atoms with Gasteiger partial charge in [0.15, 0.2) is 18.1 Å². The third kappa shape index (κ3) is 6.46. The number of amides is 1. The first kappa shape index (κ1) is 23.2. The summed E-state index contributed by atoms with van der Waals surface area (Å²) in [6, 6.07) is 9.17. The van der Waals surface area contributed by atoms with E-state index in [9.17, 15) is 14.4 Å². The molecular formula is C21H22N2O8. The molecule has 0 aliphatic carbocycles. The first-order valence-corrected chi connectivity index (χ1v) is 8.90. The fourth-order valence-electron chi connectivity index (χ4n) is 2.50. The molecule has 0 atom stereocenters. The summed E-state index contributed by atoms with van der Waals surface area (Å²) in [5.41, 5.74) is 1.02. The Morgan fingerprint density at radius 1 is 0.871 bits per heavy atom. The normalized spacial score (nSPS) is 10.3. The van der Waals surface area contributed by atoms with Gasteiger partial charge in [0.1, 0.15) is 0 Å². The molecule has 2 aromatic carbocycles. The molecule has 0 aromatic heterocycles. The maximum Gasteiger partial charge on any atom is 0.337 e. The van der Waals surface area contributed by atoms with E-state index in [1.807, 2.05) is 0 Å². The Kier molecular flexibility index (Phi) is 8.38. The lowest BCUT2D eigenvalue weighted by Crippen LogP contribution is -2.18. The van der Waals surface area contributed by atoms with Gasteiger partial charge >= 0.3 is 11.9 Å². The molecule has 0 fully saturated rings. The predicted octanol–water partition coefficient (Wildman–Crippen LogP) is 2.27. The third-order valence-electron chi connectivity index (χ3n) is 3.94. The minimum Gasteiger partial charge on any atom is -0.493 e. The molecule has 1 amide bonds. The van der Waals surface area contributed by atoms with E-state index in [2.05, 4.69) is 19.9 Å². The van der Waals surface area contributed by atoms with Crippen LogP contribution >= 0.6 is 0 Å². The van der Waals surface area contributed by atoms with Crippen molar-refractivity contribution >= 4 is 29.7 Å². The highest BCUT2D eigenvalue weighted by atomic mass is 16.6. The van der Waals surface area contributed by atoms with Gasteiger partial charge in [0.25, 0.3) is 5.91 Å². The van der Waals surface area contributed by atoms with Gasteiger partial charge in [-0.1, -0.05) is 5.16 Å². The van der Waals surface area contributed by atoms with Crippen LogP contribution in [0.15, 0.2) is 41.6 Å². The van der Waals surface area contributed by atoms with Crippen LogP contribution in [0, 0.1) is 0 Å². The predicted molar refractivity (Wildman–Crippen MR) is 111 cm³/mol. The summed E-state index contributed by atoms with van der Waals surface area (Å²) in [4.78, 5) is 40.7. The maximum atomic E-state index is 12.1. The van der Waals surface area contributed by atoms with Crippen molar-refractivity contribution in [1.29, 1.82) is 0 Å². The van der Waals surface area contributed by atoms with E-state index in [4.69, 9.17) is 14.3 Å². The van der Waals surface area contributed by atoms with Gasteiger partial charge in [-0.15, -0.1) is 0 Å². The molecule has 10 heteroatoms. The Labute approximate surface area is 178 Å². The lowest BCUT2D eigenvalue weighted by Gasteiger charge is -2.09. The number of nitrogens with zero attached hydrogens (tertiary/aromatic N) is 1. The van der Waals surface area contributed by atoms with Gasteiger partial charge in [0.05, 0.1) is 45.8 Å². The van der Waals surface area contributed by atoms with E-state index in [0.29, 0.717) is 17.1 Å². The van der Waals surface area contributed by atoms with Gasteiger partial charge in [-0.2, -0.15) is 0 Å². The van der Waals surface area contributed by atoms with Crippen LogP contribution in [0.1, 0.15) is 26.3 Å². The standard InChI is InChI=1S/C21H22N2O8/c1-27-17-6-5-13(7-18(17)28-2)11-22-31-12-19(24)23-16-9-14(20(25)29-3)8-15(10-16)21(26)30-4/h5-11H,12H2,1-4H3,(H,23,24)/b22-11+. The molecule has 31 heavy (non-hydrogen) atoms. The van der Waals surface area contributed by atoms with Crippen molar-refractivity contribution < 1.29 is 38.2 Å². The number of esters is 2. The first-order chi connectivity index (χ1) is 14.9. The van der Waals surface area contributed by atoms with Crippen molar-refractivity contribution in [3.8, 4) is 11.5 Å². The average Bonchev–Trinajstić information content (AvgIpc) is 2.80. The minimum absolute atomic E-state index is 0.0769. The Morgan fingerprint density at radius 3 is 2.03 bits per heavy atom. The number of methoxy groups -OCH3 is 4. The zero-order chi connectivity index (χ0) is 22.8. The van der Waals surface area contributed by atoms with Gasteiger partial charge in [-0.05, 0) is 36.4 Å². The van der Waals surface area contributed by atoms with Gasteiger partial charge in [0, 0.05) is 11.3 Å². The van der Waals surface area contributed by atoms with Crippen LogP contribution in [0.2, 0.25) is 0 Å². The molecule has 1 N–H and O–H groups in total. The first-order valence-electron chi connectivity index (χ1n) is 8.90. The van der Waals surface area contributed by atoms with Crippen molar-refractivity contribution in [3.05, 3.63) is 53.1 Å². The summed E-state index contributed by atoms with van der Waals surface area (Å²) >= 11 is 0. The van der Waals surface area contributed by atoms with Crippen LogP contribution < -0.4 is 14.8 Å². The van der Waals surface area contributed by atoms with E-state index >= 15 is 0 Å². The van der Waals surface area contributed by atoms with Crippen LogP contribution in [0.25, 0.3) is 0 Å². The number of hydrogen-bond acceptors (Lipinski definition) is 9. The van der Waals surface area contributed by atoms with Crippen molar-refractivity contribution in [2.45, 2.75) is 0 Å². The summed E-state index contributed by atoms with van der Waals surface area (Å²) in [6.45, 7) is -0.403. The van der Waals surface area contributed by atoms with Gasteiger partial charge in [-0.3, -0.25) is 4.79 Å². The van der Waals surface area contributed by atoms with Crippen LogP contribution in [0.5, 0.6) is 11.5 Å². The second-order valence-electron chi connectivity index (χ2n) is 5.95. The molecule has 2 aromatic rings. The molecule has 0 radical (unpaired) electrons. The van der Waals surface area contributed by atoms with E-state index in [1.165, 1.54) is 52.9 Å². The fraction of sp³-hybridized carbons (Fsp3) is 0.238. The lowest BCUT2D eigenvalue weighted by molar-refractivity contribution is -0.120. The summed E-state index contributed by atoms with van der Waals surface area (Å²) < 4.78 is 19.7. The third-order valence-corrected chi connectivity index (χ3v) is 3.94. The zero-order valence-electron chi connectivity index (χ0n) is 17.5. The quantitative estimate of drug-likeness (QED) is 0.365. The second-order valence-corrected chi connectivity index (χ2v) is 5.95. The molecule has 0 saturated carbocycles. The van der Waals surface area contributed by atoms with Crippen molar-refractivity contribution in [3.63, 3.8) is 0 Å². The fourth-order valence-corrected chi connectivity index (χ4v) is 2.50. The summed E-state index contributed by atoms with van der Waals surface area (Å²) in [5.74, 6) is -0.798. The molecule has 0 unspecified atom stereocenters. The smallest absolute Gasteiger partial charge is 0.337 e. The summed E-state index contributed by atoms with van der Waals surface area (Å²) in [7, 11) is 5.45. The lowest BCUT2D eigenvalue weighted by atomic mass is 10.1. The SMILES string of the molecule is COC(=O)c1cc(NC(=O)CO/N=C/c2ccc(OC)c(OC)c2)cc(C(=O)OC)c1. The maximum absolute atomic E-state index is 12.1. The molecule has 10 nitrogen and oxygen atoms in total. The van der Waals surface area contributed by atoms with Gasteiger partial charge < -0.3 is 29.1 Å². The van der Waals surface area contributed by atoms with Crippen molar-refractivity contribution in [2.24, 2.45) is 5.16 Å². The van der Waals surface area contributed by atoms with E-state index in [0.717, 1.165) is 0 Å². The number of oxime groups is 1. The summed E-state index contributed by atoms with van der Waals surface area (Å²) in [6.07, 6.45) is 1.41. The van der Waals surface area contributed by atoms with Crippen LogP contribution in [-0.2, 0) is 19.1 Å². The van der Waals surface area contributed by atoms with Crippen molar-refractivity contribution in [2.75, 3.05) is 40.4 Å². The molecular weight excluding hydrogens is 408 g/mol. The topological polar surface area (TPSA) is 122 Å². The molecule has 0 bridgehead atoms. The van der Waals surface area contributed by atoms with Crippen LogP contribution in [0.4, 0.5) is 5.69 Å². The Hall–Kier alpha value is -4.08. The number of anilines is 1. The Bertz CT molecular complexity index is 953. The van der Waals surface area contributed by atoms with Crippen LogP contribution in [0.3, 0.4) is 0 Å². The van der Waals surface area contributed by atoms with E-state index in [-0.39, 0.29) is 16.8 Å². The molecule has 164 valence electrons. The number of rotatable bonds is 9. The summed E-state index contributed by atoms with van der Waals surface area (Å²) in [5, 5.41) is 6.26. The average molecular weight is 430 g/mol. The number of benzene rings is 2. The molecule has 0 aliphatic heterocycles. The van der Waals surface area contributed by atoms with Crippen LogP contribution in [-0.4, -0.2) is 59.1 Å². The monoisotopic (exact) mass is 430 g/mol. The molecule has 0 heterocycles.